The number of quaternary nitrogens is 4. The maximum absolute atomic E-state index is 13.6. The Kier molecular flexibility index (Phi) is 68.6. The normalized spacial score (nSPS) is 11.1. The van der Waals surface area contributed by atoms with Crippen LogP contribution in [0.4, 0.5) is 0 Å². The molecule has 4 N–H and O–H groups in total. The molecule has 0 aliphatic carbocycles. The molecule has 146 heavy (non-hydrogen) atoms. The number of unbranched alkanes of at least 4 members (excludes halogenated alkanes) is 8. The molecule has 0 spiro atoms. The molecule has 0 atom stereocenters. The minimum atomic E-state index is -0.0790. The minimum Gasteiger partial charge on any atom is -2.00 e. The zero-order valence-electron chi connectivity index (χ0n) is 96.4. The van der Waals surface area contributed by atoms with E-state index in [2.05, 4.69) is 215 Å². The summed E-state index contributed by atoms with van der Waals surface area (Å²) >= 11 is 0. The maximum atomic E-state index is 13.6. The summed E-state index contributed by atoms with van der Waals surface area (Å²) in [5.41, 5.74) is 21.5. The van der Waals surface area contributed by atoms with Crippen molar-refractivity contribution in [3.8, 4) is 82.4 Å². The molecule has 8 aromatic rings. The zero-order valence-corrected chi connectivity index (χ0v) is 105. The van der Waals surface area contributed by atoms with Crippen LogP contribution in [0.1, 0.15) is 405 Å². The molecule has 0 aromatic heterocycles. The Hall–Kier alpha value is -9.12. The Bertz CT molecular complexity index is 4570. The largest absolute Gasteiger partial charge is 2.00 e. The number of nitrogens with one attached hydrogen (secondary N) is 4. The van der Waals surface area contributed by atoms with Gasteiger partial charge in [-0.25, -0.2) is 0 Å². The van der Waals surface area contributed by atoms with Gasteiger partial charge in [0.15, 0.2) is 0 Å². The number of aryl methyl sites for hydroxylation is 8. The van der Waals surface area contributed by atoms with E-state index in [1.807, 2.05) is 104 Å². The summed E-state index contributed by atoms with van der Waals surface area (Å²) in [6.07, 6.45) is 10.3. The number of rotatable bonds is 32. The fraction of sp³-hybridized carbons (Fsp3) is 0.557. The molecule has 0 aliphatic heterocycles. The summed E-state index contributed by atoms with van der Waals surface area (Å²) in [5, 5.41) is 152. The Balaban J connectivity index is -0.000000556. The van der Waals surface area contributed by atoms with Gasteiger partial charge in [0.25, 0.3) is 0 Å². The van der Waals surface area contributed by atoms with Crippen LogP contribution in [0, 0.1) is 186 Å². The van der Waals surface area contributed by atoms with Gasteiger partial charge in [-0.2, -0.15) is 31.6 Å². The standard InChI is InChI=1S/2C55H82N2O4.6C2H3N.4O.2U/c2*1-36-24-44(52(5,6)7)28-40(48(36)58)32-56(33-41-29-45(53(8,9)10)25-37(2)49(41)59)22-20-18-17-19-21-23-57(34-42-30-46(54(11,12)13)26-38(3)50(42)60)35-43-31-47(55(14,15)16)27-39(4)51(43)61;6*1-2-3;;;;;;/h2*24-31,58-61H,17-23,32-35H2,1-16H3;6*1H3;;;;;;/q;;;;;;;;4*-2;;/p-4. The topological polar surface area (TPSA) is 459 Å². The quantitative estimate of drug-likeness (QED) is 0.0285. The van der Waals surface area contributed by atoms with Crippen molar-refractivity contribution in [2.24, 2.45) is 0 Å². The van der Waals surface area contributed by atoms with Crippen molar-refractivity contribution in [2.75, 3.05) is 26.2 Å². The average molecular weight is 2450 g/mol. The van der Waals surface area contributed by atoms with Gasteiger partial charge in [-0.05, 0) is 239 Å². The smallest absolute Gasteiger partial charge is 0.102 e. The van der Waals surface area contributed by atoms with E-state index in [1.54, 1.807) is 36.4 Å². The number of nitriles is 6. The molecule has 0 heterocycles. The number of hydrogen-bond acceptors (Lipinski definition) is 14. The number of hydrogen-bond donors (Lipinski definition) is 4. The molecule has 0 bridgehead atoms. The number of nitrogens with zero attached hydrogens (tertiary/aromatic N) is 6. The molecule has 8 aromatic carbocycles. The van der Waals surface area contributed by atoms with Gasteiger partial charge in [0.2, 0.25) is 0 Å². The van der Waals surface area contributed by atoms with Crippen LogP contribution in [0.5, 0.6) is 46.0 Å². The summed E-state index contributed by atoms with van der Waals surface area (Å²) in [4.78, 5) is 4.96. The van der Waals surface area contributed by atoms with E-state index in [1.165, 1.54) is 61.1 Å². The fourth-order valence-corrected chi connectivity index (χ4v) is 17.0. The van der Waals surface area contributed by atoms with Crippen molar-refractivity contribution in [1.82, 2.24) is 0 Å². The van der Waals surface area contributed by atoms with Crippen LogP contribution in [0.2, 0.25) is 0 Å². The molecule has 0 fully saturated rings. The Morgan fingerprint density at radius 3 is 0.349 bits per heavy atom. The Labute approximate surface area is 930 Å². The van der Waals surface area contributed by atoms with Gasteiger partial charge in [-0.3, -0.25) is 0 Å². The van der Waals surface area contributed by atoms with Crippen LogP contribution in [0.25, 0.3) is 0 Å². The Morgan fingerprint density at radius 1 is 0.185 bits per heavy atom. The molecule has 0 amide bonds. The second-order valence-electron chi connectivity index (χ2n) is 46.5. The van der Waals surface area contributed by atoms with Crippen LogP contribution in [-0.2, 0) is 118 Å². The molecule has 0 saturated heterocycles. The summed E-state index contributed by atoms with van der Waals surface area (Å²) in [6, 6.07) is 43.6. The summed E-state index contributed by atoms with van der Waals surface area (Å²) in [6.45, 7) is 84.5. The van der Waals surface area contributed by atoms with Crippen molar-refractivity contribution in [3.63, 3.8) is 0 Å². The predicted molar refractivity (Wildman–Crippen MR) is 564 cm³/mol. The molecule has 0 aliphatic rings. The minimum absolute atomic E-state index is 0. The van der Waals surface area contributed by atoms with E-state index in [0.717, 1.165) is 224 Å². The van der Waals surface area contributed by atoms with Crippen LogP contribution in [0.3, 0.4) is 0 Å². The van der Waals surface area contributed by atoms with Crippen LogP contribution in [-0.4, -0.2) is 26.2 Å². The van der Waals surface area contributed by atoms with Crippen LogP contribution >= 0.6 is 0 Å². The first-order chi connectivity index (χ1) is 64.6. The molecule has 0 radical (unpaired) electrons. The van der Waals surface area contributed by atoms with Crippen molar-refractivity contribution in [1.29, 1.82) is 31.6 Å². The SMILES string of the molecule is CC#N.CC#N.CC#N.CC#N.CC#N.CC#N.Cc1cc(C(C)(C)C)cc(C[NH+](CCCCCCC[NH+](Cc2cc(C(C)(C)C)cc(C)c2[O-])Cc2cc(C(C)(C)C)cc(C)c2[O-])Cc2cc(C(C)(C)C)cc(C)c2[O-])c1[O-].Cc1cc(C(C)(C)C)cc(C[NH+](CCCCCCC[NH+](Cc2cc(C(C)(C)C)cc(C)c2[O-])Cc2cc(C(C)(C)C)cc(C)c2[O-])Cc2cc(C(C)(C)C)cc(C)c2[O-])c1[O-].[O-2].[O-2].[O-2].[O-2].[U].[U]. The third-order valence-corrected chi connectivity index (χ3v) is 25.4. The first-order valence-corrected chi connectivity index (χ1v) is 50.3. The van der Waals surface area contributed by atoms with Gasteiger partial charge in [0, 0.05) is 104 Å². The zero-order chi connectivity index (χ0) is 108. The van der Waals surface area contributed by atoms with Gasteiger partial charge in [-0.15, -0.1) is 0 Å². The van der Waals surface area contributed by atoms with Crippen LogP contribution < -0.4 is 60.5 Å². The van der Waals surface area contributed by atoms with Crippen LogP contribution in [0.15, 0.2) is 97.1 Å². The number of benzene rings is 8. The Morgan fingerprint density at radius 2 is 0.267 bits per heavy atom. The first-order valence-electron chi connectivity index (χ1n) is 50.3. The predicted octanol–water partition coefficient (Wildman–Crippen LogP) is 19.2. The second-order valence-corrected chi connectivity index (χ2v) is 46.5. The summed E-state index contributed by atoms with van der Waals surface area (Å²) < 4.78 is 0. The summed E-state index contributed by atoms with van der Waals surface area (Å²) in [7, 11) is 0. The van der Waals surface area contributed by atoms with E-state index < -0.39 is 0 Å². The molecule has 0 saturated carbocycles. The monoisotopic (exact) mass is 2450 g/mol. The van der Waals surface area contributed by atoms with E-state index in [9.17, 15) is 40.9 Å². The van der Waals surface area contributed by atoms with E-state index in [0.29, 0.717) is 52.4 Å². The van der Waals surface area contributed by atoms with Gasteiger partial charge in [-0.1, -0.05) is 367 Å². The van der Waals surface area contributed by atoms with Gasteiger partial charge >= 0.3 is 0 Å². The van der Waals surface area contributed by atoms with E-state index in [4.69, 9.17) is 31.6 Å². The molecule has 8 rings (SSSR count). The van der Waals surface area contributed by atoms with Crippen molar-refractivity contribution >= 4 is 0 Å². The third-order valence-electron chi connectivity index (χ3n) is 25.4. The average Bonchev–Trinajstić information content (AvgIpc) is 0.803. The van der Waals surface area contributed by atoms with Gasteiger partial charge in [0.05, 0.1) is 62.6 Å². The van der Waals surface area contributed by atoms with E-state index in [-0.39, 0.29) is 173 Å². The molecule has 24 heteroatoms. The molecular weight excluding hydrogens is 2270 g/mol. The van der Waals surface area contributed by atoms with Gasteiger partial charge < -0.3 is 82.4 Å². The summed E-state index contributed by atoms with van der Waals surface area (Å²) in [5.74, 6) is 0.839. The van der Waals surface area contributed by atoms with Crippen molar-refractivity contribution in [3.05, 3.63) is 231 Å². The second kappa shape index (κ2) is 67.8. The van der Waals surface area contributed by atoms with Crippen molar-refractivity contribution in [2.45, 2.75) is 423 Å². The molecule has 0 unspecified atom stereocenters. The van der Waals surface area contributed by atoms with Crippen molar-refractivity contribution < 1.29 is 145 Å². The fourth-order valence-electron chi connectivity index (χ4n) is 17.0. The van der Waals surface area contributed by atoms with E-state index >= 15 is 0 Å². The molecule has 808 valence electrons. The third kappa shape index (κ3) is 50.5. The first kappa shape index (κ1) is 148. The van der Waals surface area contributed by atoms with Gasteiger partial charge in [0.1, 0.15) is 52.4 Å². The molecular formula is C122H178N10O12U2-12. The maximum Gasteiger partial charge on any atom is 0.102 e. The molecule has 22 nitrogen and oxygen atoms in total.